The number of sulfone groups is 1. The van der Waals surface area contributed by atoms with Crippen molar-refractivity contribution in [1.82, 2.24) is 5.32 Å². The molecule has 6 nitrogen and oxygen atoms in total. The highest BCUT2D eigenvalue weighted by molar-refractivity contribution is 7.92. The summed E-state index contributed by atoms with van der Waals surface area (Å²) in [4.78, 5) is 12.7. The number of nitrogens with one attached hydrogen (secondary N) is 1. The Morgan fingerprint density at radius 3 is 2.20 bits per heavy atom. The Balaban J connectivity index is 2.03. The van der Waals surface area contributed by atoms with Crippen molar-refractivity contribution in [2.45, 2.75) is 54.9 Å². The molecular formula is C22H27ClN2O4S. The van der Waals surface area contributed by atoms with Gasteiger partial charge in [-0.05, 0) is 57.5 Å². The smallest absolute Gasteiger partial charge is 0.408 e. The zero-order valence-electron chi connectivity index (χ0n) is 17.5. The Hall–Kier alpha value is -2.09. The van der Waals surface area contributed by atoms with Gasteiger partial charge < -0.3 is 15.8 Å². The number of alkyl carbamates (subject to hydrolysis) is 1. The number of aryl methyl sites for hydroxylation is 1. The van der Waals surface area contributed by atoms with E-state index in [2.05, 4.69) is 5.32 Å². The predicted octanol–water partition coefficient (Wildman–Crippen LogP) is 3.81. The third kappa shape index (κ3) is 4.33. The van der Waals surface area contributed by atoms with Crippen LogP contribution < -0.4 is 11.1 Å². The highest BCUT2D eigenvalue weighted by Gasteiger charge is 2.71. The fraction of sp³-hybridized carbons (Fsp3) is 0.409. The minimum atomic E-state index is -3.81. The third-order valence-electron chi connectivity index (χ3n) is 5.24. The summed E-state index contributed by atoms with van der Waals surface area (Å²) >= 11 is 5.92. The minimum absolute atomic E-state index is 0.0533. The first-order valence-electron chi connectivity index (χ1n) is 9.68. The van der Waals surface area contributed by atoms with Crippen LogP contribution in [-0.4, -0.2) is 37.4 Å². The third-order valence-corrected chi connectivity index (χ3v) is 7.78. The molecule has 0 aromatic heterocycles. The van der Waals surface area contributed by atoms with E-state index in [1.54, 1.807) is 20.8 Å². The van der Waals surface area contributed by atoms with Crippen molar-refractivity contribution >= 4 is 27.5 Å². The van der Waals surface area contributed by atoms with Crippen LogP contribution in [0.5, 0.6) is 0 Å². The van der Waals surface area contributed by atoms with Crippen LogP contribution in [0.2, 0.25) is 5.02 Å². The summed E-state index contributed by atoms with van der Waals surface area (Å²) in [6.07, 6.45) is -0.695. The molecule has 162 valence electrons. The number of nitrogens with two attached hydrogens (primary N) is 1. The van der Waals surface area contributed by atoms with Crippen molar-refractivity contribution in [3.63, 3.8) is 0 Å². The van der Waals surface area contributed by atoms with Gasteiger partial charge in [-0.15, -0.1) is 0 Å². The van der Waals surface area contributed by atoms with Gasteiger partial charge >= 0.3 is 6.09 Å². The molecule has 1 saturated carbocycles. The van der Waals surface area contributed by atoms with Crippen LogP contribution in [0.25, 0.3) is 0 Å². The molecule has 0 heterocycles. The molecule has 30 heavy (non-hydrogen) atoms. The molecule has 3 rings (SSSR count). The fourth-order valence-electron chi connectivity index (χ4n) is 3.81. The number of amides is 1. The second-order valence-electron chi connectivity index (χ2n) is 8.68. The number of carbonyl (C=O) groups is 1. The SMILES string of the molecule is Cc1ccc([C@@H]2[C@H](S(=O)(=O)c3ccc(Cl)cc3)[C@]2(CN)NC(=O)OC(C)(C)C)cc1. The zero-order valence-corrected chi connectivity index (χ0v) is 19.0. The van der Waals surface area contributed by atoms with Crippen LogP contribution in [0.1, 0.15) is 37.8 Å². The lowest BCUT2D eigenvalue weighted by atomic mass is 10.0. The number of ether oxygens (including phenoxy) is 1. The summed E-state index contributed by atoms with van der Waals surface area (Å²) in [7, 11) is -3.81. The average molecular weight is 451 g/mol. The van der Waals surface area contributed by atoms with E-state index in [9.17, 15) is 13.2 Å². The highest BCUT2D eigenvalue weighted by Crippen LogP contribution is 2.57. The van der Waals surface area contributed by atoms with Gasteiger partial charge in [0, 0.05) is 17.5 Å². The van der Waals surface area contributed by atoms with E-state index in [4.69, 9.17) is 22.1 Å². The molecule has 1 aliphatic carbocycles. The lowest BCUT2D eigenvalue weighted by molar-refractivity contribution is 0.0497. The first-order valence-corrected chi connectivity index (χ1v) is 11.6. The standard InChI is InChI=1S/C22H27ClN2O4S/c1-14-5-7-15(8-6-14)18-19(30(27,28)17-11-9-16(23)10-12-17)22(18,13-24)25-20(26)29-21(2,3)4/h5-12,18-19H,13,24H2,1-4H3,(H,25,26)/t18-,19+,22-/m1/s1. The first-order chi connectivity index (χ1) is 13.9. The van der Waals surface area contributed by atoms with Gasteiger partial charge in [-0.2, -0.15) is 0 Å². The number of rotatable bonds is 5. The molecule has 0 radical (unpaired) electrons. The van der Waals surface area contributed by atoms with Gasteiger partial charge in [0.2, 0.25) is 0 Å². The zero-order chi connectivity index (χ0) is 22.3. The van der Waals surface area contributed by atoms with Gasteiger partial charge in [-0.1, -0.05) is 41.4 Å². The topological polar surface area (TPSA) is 98.5 Å². The Labute approximate surface area is 182 Å². The van der Waals surface area contributed by atoms with E-state index in [0.29, 0.717) is 5.02 Å². The molecule has 0 saturated heterocycles. The summed E-state index contributed by atoms with van der Waals surface area (Å²) < 4.78 is 32.4. The predicted molar refractivity (Wildman–Crippen MR) is 118 cm³/mol. The van der Waals surface area contributed by atoms with E-state index in [1.807, 2.05) is 31.2 Å². The van der Waals surface area contributed by atoms with Crippen molar-refractivity contribution in [2.75, 3.05) is 6.54 Å². The maximum atomic E-state index is 13.5. The largest absolute Gasteiger partial charge is 0.444 e. The lowest BCUT2D eigenvalue weighted by Crippen LogP contribution is -2.49. The van der Waals surface area contributed by atoms with Gasteiger partial charge in [0.25, 0.3) is 0 Å². The van der Waals surface area contributed by atoms with Gasteiger partial charge in [-0.3, -0.25) is 0 Å². The summed E-state index contributed by atoms with van der Waals surface area (Å²) in [5, 5.41) is 2.30. The molecule has 0 aliphatic heterocycles. The van der Waals surface area contributed by atoms with Crippen LogP contribution in [0.15, 0.2) is 53.4 Å². The van der Waals surface area contributed by atoms with Crippen LogP contribution in [-0.2, 0) is 14.6 Å². The second kappa shape index (κ2) is 7.87. The van der Waals surface area contributed by atoms with Crippen molar-refractivity contribution in [3.8, 4) is 0 Å². The van der Waals surface area contributed by atoms with Gasteiger partial charge in [-0.25, -0.2) is 13.2 Å². The molecule has 1 amide bonds. The summed E-state index contributed by atoms with van der Waals surface area (Å²) in [6.45, 7) is 7.13. The molecule has 2 aromatic rings. The second-order valence-corrected chi connectivity index (χ2v) is 11.2. The van der Waals surface area contributed by atoms with Crippen molar-refractivity contribution in [2.24, 2.45) is 5.73 Å². The van der Waals surface area contributed by atoms with Crippen molar-refractivity contribution in [3.05, 3.63) is 64.7 Å². The quantitative estimate of drug-likeness (QED) is 0.721. The minimum Gasteiger partial charge on any atom is -0.444 e. The molecule has 3 N–H and O–H groups in total. The lowest BCUT2D eigenvalue weighted by Gasteiger charge is -2.24. The average Bonchev–Trinajstić information content (AvgIpc) is 3.30. The van der Waals surface area contributed by atoms with Crippen LogP contribution >= 0.6 is 11.6 Å². The molecule has 3 atom stereocenters. The van der Waals surface area contributed by atoms with Gasteiger partial charge in [0.1, 0.15) is 10.9 Å². The molecular weight excluding hydrogens is 424 g/mol. The summed E-state index contributed by atoms with van der Waals surface area (Å²) in [5.41, 5.74) is 6.02. The van der Waals surface area contributed by atoms with Crippen LogP contribution in [0.4, 0.5) is 4.79 Å². The van der Waals surface area contributed by atoms with E-state index in [-0.39, 0.29) is 11.4 Å². The summed E-state index contributed by atoms with van der Waals surface area (Å²) in [5.74, 6) is -0.503. The normalized spacial score (nSPS) is 23.7. The van der Waals surface area contributed by atoms with Crippen LogP contribution in [0, 0.1) is 6.92 Å². The Kier molecular flexibility index (Phi) is 5.93. The molecule has 1 aliphatic rings. The number of carbonyl (C=O) groups excluding carboxylic acids is 1. The molecule has 0 bridgehead atoms. The monoisotopic (exact) mass is 450 g/mol. The van der Waals surface area contributed by atoms with E-state index < -0.39 is 38.2 Å². The van der Waals surface area contributed by atoms with Gasteiger partial charge in [0.05, 0.1) is 10.4 Å². The molecule has 1 fully saturated rings. The maximum absolute atomic E-state index is 13.5. The molecule has 0 spiro atoms. The Morgan fingerprint density at radius 1 is 1.13 bits per heavy atom. The number of halogens is 1. The van der Waals surface area contributed by atoms with E-state index in [1.165, 1.54) is 24.3 Å². The number of benzene rings is 2. The van der Waals surface area contributed by atoms with E-state index in [0.717, 1.165) is 11.1 Å². The Morgan fingerprint density at radius 2 is 1.70 bits per heavy atom. The van der Waals surface area contributed by atoms with Crippen LogP contribution in [0.3, 0.4) is 0 Å². The highest BCUT2D eigenvalue weighted by atomic mass is 35.5. The maximum Gasteiger partial charge on any atom is 0.408 e. The first kappa shape index (κ1) is 22.6. The van der Waals surface area contributed by atoms with E-state index >= 15 is 0 Å². The van der Waals surface area contributed by atoms with Crippen molar-refractivity contribution in [1.29, 1.82) is 0 Å². The molecule has 2 aromatic carbocycles. The molecule has 0 unspecified atom stereocenters. The molecule has 8 heteroatoms. The number of hydrogen-bond donors (Lipinski definition) is 2. The fourth-order valence-corrected chi connectivity index (χ4v) is 6.28. The van der Waals surface area contributed by atoms with Gasteiger partial charge in [0.15, 0.2) is 9.84 Å². The number of hydrogen-bond acceptors (Lipinski definition) is 5. The Bertz CT molecular complexity index is 1030. The van der Waals surface area contributed by atoms with Crippen molar-refractivity contribution < 1.29 is 17.9 Å². The summed E-state index contributed by atoms with van der Waals surface area (Å²) in [6, 6.07) is 13.6.